The molecule has 0 aromatic carbocycles. The van der Waals surface area contributed by atoms with Gasteiger partial charge in [0, 0.05) is 25.8 Å². The van der Waals surface area contributed by atoms with Gasteiger partial charge in [-0.15, -0.1) is 0 Å². The Balaban J connectivity index is 1.81. The number of hydrogen-bond donors (Lipinski definition) is 1. The normalized spacial score (nSPS) is 17.9. The number of allylic oxidation sites excluding steroid dienone is 2. The number of rotatable bonds is 17. The van der Waals surface area contributed by atoms with Crippen molar-refractivity contribution in [3.05, 3.63) is 12.2 Å². The minimum absolute atomic E-state index is 0.413. The molecule has 1 aliphatic rings. The topological polar surface area (TPSA) is 41.6 Å². The molecule has 1 aliphatic heterocycles. The van der Waals surface area contributed by atoms with E-state index in [1.165, 1.54) is 89.9 Å². The van der Waals surface area contributed by atoms with Gasteiger partial charge in [-0.05, 0) is 38.5 Å². The van der Waals surface area contributed by atoms with Gasteiger partial charge < -0.3 is 5.73 Å². The van der Waals surface area contributed by atoms with Crippen LogP contribution in [-0.4, -0.2) is 36.9 Å². The highest BCUT2D eigenvalue weighted by molar-refractivity contribution is 5.62. The second-order valence-electron chi connectivity index (χ2n) is 7.47. The highest BCUT2D eigenvalue weighted by Crippen LogP contribution is 2.16. The van der Waals surface area contributed by atoms with Crippen molar-refractivity contribution in [3.63, 3.8) is 0 Å². The number of nitrogens with zero attached hydrogens (tertiary/aromatic N) is 2. The summed E-state index contributed by atoms with van der Waals surface area (Å²) in [6.07, 6.45) is 26.2. The lowest BCUT2D eigenvalue weighted by atomic mass is 10.1. The van der Waals surface area contributed by atoms with Crippen molar-refractivity contribution in [2.24, 2.45) is 10.7 Å². The molecule has 3 heteroatoms. The quantitative estimate of drug-likeness (QED) is 0.270. The monoisotopic (exact) mass is 349 g/mol. The summed E-state index contributed by atoms with van der Waals surface area (Å²) in [4.78, 5) is 6.98. The molecule has 2 N–H and O–H groups in total. The molecule has 25 heavy (non-hydrogen) atoms. The molecular weight excluding hydrogens is 306 g/mol. The fourth-order valence-electron chi connectivity index (χ4n) is 3.55. The Morgan fingerprint density at radius 3 is 2.16 bits per heavy atom. The van der Waals surface area contributed by atoms with Crippen LogP contribution in [-0.2, 0) is 0 Å². The van der Waals surface area contributed by atoms with E-state index >= 15 is 0 Å². The van der Waals surface area contributed by atoms with E-state index in [1.54, 1.807) is 0 Å². The summed E-state index contributed by atoms with van der Waals surface area (Å²) in [5.74, 6) is 0. The number of hydrogen-bond acceptors (Lipinski definition) is 3. The third-order valence-electron chi connectivity index (χ3n) is 5.16. The summed E-state index contributed by atoms with van der Waals surface area (Å²) in [6, 6.07) is 0. The predicted molar refractivity (Wildman–Crippen MR) is 112 cm³/mol. The minimum Gasteiger partial charge on any atom is -0.329 e. The summed E-state index contributed by atoms with van der Waals surface area (Å²) >= 11 is 0. The van der Waals surface area contributed by atoms with E-state index in [9.17, 15) is 0 Å². The van der Waals surface area contributed by atoms with Gasteiger partial charge in [0.05, 0.1) is 0 Å². The average Bonchev–Trinajstić information content (AvgIpc) is 3.06. The van der Waals surface area contributed by atoms with Crippen LogP contribution in [0.25, 0.3) is 0 Å². The van der Waals surface area contributed by atoms with E-state index in [1.807, 2.05) is 0 Å². The van der Waals surface area contributed by atoms with Gasteiger partial charge in [-0.3, -0.25) is 9.89 Å². The molecule has 1 unspecified atom stereocenters. The second-order valence-corrected chi connectivity index (χ2v) is 7.47. The van der Waals surface area contributed by atoms with Crippen molar-refractivity contribution in [1.82, 2.24) is 4.90 Å². The van der Waals surface area contributed by atoms with Gasteiger partial charge in [0.2, 0.25) is 0 Å². The fraction of sp³-hybridized carbons (Fsp3) is 0.864. The average molecular weight is 350 g/mol. The lowest BCUT2D eigenvalue weighted by molar-refractivity contribution is 0.241. The maximum atomic E-state index is 5.65. The molecule has 0 saturated carbocycles. The van der Waals surface area contributed by atoms with Crippen molar-refractivity contribution < 1.29 is 0 Å². The molecule has 0 spiro atoms. The molecule has 0 aromatic rings. The molecule has 0 aromatic heterocycles. The Kier molecular flexibility index (Phi) is 15.0. The molecule has 1 atom stereocenters. The van der Waals surface area contributed by atoms with Gasteiger partial charge in [0.15, 0.2) is 0 Å². The summed E-state index contributed by atoms with van der Waals surface area (Å²) in [5.41, 5.74) is 5.65. The first-order valence-electron chi connectivity index (χ1n) is 11.0. The van der Waals surface area contributed by atoms with Crippen LogP contribution in [0.3, 0.4) is 0 Å². The van der Waals surface area contributed by atoms with Gasteiger partial charge in [-0.25, -0.2) is 0 Å². The van der Waals surface area contributed by atoms with Gasteiger partial charge in [-0.1, -0.05) is 70.4 Å². The first kappa shape index (κ1) is 22.4. The van der Waals surface area contributed by atoms with E-state index in [0.717, 1.165) is 19.6 Å². The van der Waals surface area contributed by atoms with E-state index in [0.29, 0.717) is 6.17 Å². The molecule has 146 valence electrons. The summed E-state index contributed by atoms with van der Waals surface area (Å²) < 4.78 is 0. The van der Waals surface area contributed by atoms with E-state index in [-0.39, 0.29) is 0 Å². The van der Waals surface area contributed by atoms with Gasteiger partial charge in [-0.2, -0.15) is 0 Å². The summed E-state index contributed by atoms with van der Waals surface area (Å²) in [7, 11) is 0. The highest BCUT2D eigenvalue weighted by Gasteiger charge is 2.19. The van der Waals surface area contributed by atoms with Crippen molar-refractivity contribution in [3.8, 4) is 0 Å². The summed E-state index contributed by atoms with van der Waals surface area (Å²) in [5, 5.41) is 0. The van der Waals surface area contributed by atoms with Crippen molar-refractivity contribution in [2.45, 2.75) is 103 Å². The molecular formula is C22H43N3. The van der Waals surface area contributed by atoms with Gasteiger partial charge >= 0.3 is 0 Å². The van der Waals surface area contributed by atoms with Gasteiger partial charge in [0.1, 0.15) is 6.17 Å². The molecule has 0 amide bonds. The number of aliphatic imine (C=N–C) groups is 1. The number of unbranched alkanes of at least 4 members (excludes halogenated alkanes) is 11. The van der Waals surface area contributed by atoms with E-state index < -0.39 is 0 Å². The van der Waals surface area contributed by atoms with Crippen molar-refractivity contribution >= 4 is 6.21 Å². The molecule has 0 fully saturated rings. The fourth-order valence-corrected chi connectivity index (χ4v) is 3.55. The van der Waals surface area contributed by atoms with Crippen LogP contribution in [0, 0.1) is 0 Å². The molecule has 0 bridgehead atoms. The molecule has 0 radical (unpaired) electrons. The zero-order chi connectivity index (χ0) is 18.0. The Bertz CT molecular complexity index is 338. The zero-order valence-corrected chi connectivity index (χ0v) is 16.8. The van der Waals surface area contributed by atoms with E-state index in [4.69, 9.17) is 5.73 Å². The predicted octanol–water partition coefficient (Wildman–Crippen LogP) is 5.70. The highest BCUT2D eigenvalue weighted by atomic mass is 15.3. The second kappa shape index (κ2) is 16.8. The smallest absolute Gasteiger partial charge is 0.102 e. The zero-order valence-electron chi connectivity index (χ0n) is 16.8. The van der Waals surface area contributed by atoms with Crippen LogP contribution < -0.4 is 5.73 Å². The lowest BCUT2D eigenvalue weighted by Crippen LogP contribution is -2.34. The minimum atomic E-state index is 0.413. The van der Waals surface area contributed by atoms with Gasteiger partial charge in [0.25, 0.3) is 0 Å². The Labute approximate surface area is 157 Å². The molecule has 1 heterocycles. The Morgan fingerprint density at radius 2 is 1.52 bits per heavy atom. The molecule has 1 rings (SSSR count). The SMILES string of the molecule is CCCCCCC/C=C/CCCCCCCCC1N=CCN1CCN. The van der Waals surface area contributed by atoms with Crippen LogP contribution in [0.4, 0.5) is 0 Å². The maximum Gasteiger partial charge on any atom is 0.102 e. The van der Waals surface area contributed by atoms with E-state index in [2.05, 4.69) is 35.2 Å². The van der Waals surface area contributed by atoms with Crippen molar-refractivity contribution in [1.29, 1.82) is 0 Å². The van der Waals surface area contributed by atoms with Crippen LogP contribution in [0.1, 0.15) is 96.8 Å². The standard InChI is InChI=1S/C22H43N3/c1-2-3-4-5-6-7-8-9-10-11-12-13-14-15-16-17-22-24-19-21-25(22)20-18-23/h8-9,19,22H,2-7,10-18,20-21,23H2,1H3/b9-8+. The van der Waals surface area contributed by atoms with Crippen LogP contribution >= 0.6 is 0 Å². The molecule has 0 saturated heterocycles. The molecule has 0 aliphatic carbocycles. The first-order chi connectivity index (χ1) is 12.4. The third kappa shape index (κ3) is 12.3. The Morgan fingerprint density at radius 1 is 0.920 bits per heavy atom. The van der Waals surface area contributed by atoms with Crippen LogP contribution in [0.2, 0.25) is 0 Å². The van der Waals surface area contributed by atoms with Crippen LogP contribution in [0.5, 0.6) is 0 Å². The Hall–Kier alpha value is -0.670. The first-order valence-corrected chi connectivity index (χ1v) is 11.0. The largest absolute Gasteiger partial charge is 0.329 e. The molecule has 3 nitrogen and oxygen atoms in total. The summed E-state index contributed by atoms with van der Waals surface area (Å²) in [6.45, 7) is 5.00. The third-order valence-corrected chi connectivity index (χ3v) is 5.16. The van der Waals surface area contributed by atoms with Crippen molar-refractivity contribution in [2.75, 3.05) is 19.6 Å². The van der Waals surface area contributed by atoms with Crippen LogP contribution in [0.15, 0.2) is 17.1 Å². The number of nitrogens with two attached hydrogens (primary N) is 1. The lowest BCUT2D eigenvalue weighted by Gasteiger charge is -2.21. The maximum absolute atomic E-state index is 5.65.